The van der Waals surface area contributed by atoms with Crippen molar-refractivity contribution in [2.24, 2.45) is 11.8 Å². The molecule has 2 aromatic carbocycles. The van der Waals surface area contributed by atoms with Crippen LogP contribution in [0.5, 0.6) is 0 Å². The van der Waals surface area contributed by atoms with Crippen molar-refractivity contribution in [3.05, 3.63) is 59.7 Å². The predicted molar refractivity (Wildman–Crippen MR) is 151 cm³/mol. The molecule has 1 amide bonds. The lowest BCUT2D eigenvalue weighted by Gasteiger charge is -2.41. The first-order valence-electron chi connectivity index (χ1n) is 13.6. The molecule has 2 aliphatic rings. The molecule has 0 spiro atoms. The highest BCUT2D eigenvalue weighted by Crippen LogP contribution is 2.31. The Balaban J connectivity index is 0.00000400. The first-order valence-corrected chi connectivity index (χ1v) is 13.6. The lowest BCUT2D eigenvalue weighted by Crippen LogP contribution is -2.67. The number of nitrogens with one attached hydrogen (secondary N) is 4. The molecule has 1 atom stereocenters. The van der Waals surface area contributed by atoms with Gasteiger partial charge in [0.05, 0.1) is 6.17 Å². The van der Waals surface area contributed by atoms with Gasteiger partial charge in [-0.05, 0) is 53.4 Å². The van der Waals surface area contributed by atoms with E-state index in [0.717, 1.165) is 35.1 Å². The average Bonchev–Trinajstić information content (AvgIpc) is 2.86. The van der Waals surface area contributed by atoms with Crippen LogP contribution >= 0.6 is 0 Å². The number of nitrogens with zero attached hydrogens (tertiary/aromatic N) is 1. The van der Waals surface area contributed by atoms with Gasteiger partial charge in [-0.1, -0.05) is 89.6 Å². The number of carboxylic acid groups (broad SMARTS) is 1. The van der Waals surface area contributed by atoms with E-state index >= 15 is 0 Å². The van der Waals surface area contributed by atoms with Crippen molar-refractivity contribution in [1.82, 2.24) is 26.6 Å². The largest absolute Gasteiger partial charge is 0.480 e. The van der Waals surface area contributed by atoms with E-state index in [2.05, 4.69) is 46.0 Å². The topological polar surface area (TPSA) is 106 Å². The Labute approximate surface area is 227 Å². The molecule has 8 heteroatoms. The molecule has 2 fully saturated rings. The van der Waals surface area contributed by atoms with Crippen LogP contribution in [-0.2, 0) is 16.1 Å². The molecule has 0 radical (unpaired) electrons. The van der Waals surface area contributed by atoms with Crippen molar-refractivity contribution in [3.63, 3.8) is 0 Å². The number of aliphatic carboxylic acids is 1. The second-order valence-corrected chi connectivity index (χ2v) is 10.6. The molecule has 0 aromatic heterocycles. The first-order chi connectivity index (χ1) is 17.9. The Kier molecular flexibility index (Phi) is 10.8. The third-order valence-corrected chi connectivity index (χ3v) is 7.56. The van der Waals surface area contributed by atoms with Gasteiger partial charge in [-0.2, -0.15) is 0 Å². The van der Waals surface area contributed by atoms with Crippen molar-refractivity contribution in [2.75, 3.05) is 0 Å². The normalized spacial score (nSPS) is 20.3. The zero-order valence-corrected chi connectivity index (χ0v) is 22.2. The number of unbranched alkanes of at least 4 members (excludes halogenated alkanes) is 1. The summed E-state index contributed by atoms with van der Waals surface area (Å²) in [5.41, 5.74) is 17.9. The molecule has 4 rings (SSSR count). The summed E-state index contributed by atoms with van der Waals surface area (Å²) in [6.45, 7) is 6.01. The monoisotopic (exact) mass is 523 g/mol. The minimum Gasteiger partial charge on any atom is -0.480 e. The van der Waals surface area contributed by atoms with Crippen LogP contribution in [0.2, 0.25) is 0 Å². The lowest BCUT2D eigenvalue weighted by atomic mass is 9.83. The molecule has 1 aliphatic heterocycles. The summed E-state index contributed by atoms with van der Waals surface area (Å²) in [6, 6.07) is 15.5. The lowest BCUT2D eigenvalue weighted by molar-refractivity contribution is -0.153. The van der Waals surface area contributed by atoms with Gasteiger partial charge in [0.15, 0.2) is 0 Å². The molecular weight excluding hydrogens is 478 g/mol. The number of benzene rings is 2. The number of carbonyl (C=O) groups is 2. The van der Waals surface area contributed by atoms with Crippen molar-refractivity contribution in [3.8, 4) is 11.1 Å². The summed E-state index contributed by atoms with van der Waals surface area (Å²) >= 11 is 0. The minimum atomic E-state index is -0.959. The Bertz CT molecular complexity index is 1050. The highest BCUT2D eigenvalue weighted by atomic mass is 16.4. The van der Waals surface area contributed by atoms with Gasteiger partial charge in [0.2, 0.25) is 5.91 Å². The van der Waals surface area contributed by atoms with E-state index in [4.69, 9.17) is 0 Å². The van der Waals surface area contributed by atoms with Crippen LogP contribution in [0.3, 0.4) is 0 Å². The van der Waals surface area contributed by atoms with Crippen LogP contribution in [0.1, 0.15) is 84.0 Å². The summed E-state index contributed by atoms with van der Waals surface area (Å²) in [5, 5.41) is 9.86. The maximum absolute atomic E-state index is 13.0. The number of rotatable bonds is 11. The maximum atomic E-state index is 13.0. The molecule has 8 nitrogen and oxygen atoms in total. The number of carboxylic acids is 1. The van der Waals surface area contributed by atoms with Crippen molar-refractivity contribution in [1.29, 1.82) is 0 Å². The number of hydrogen-bond acceptors (Lipinski definition) is 6. The van der Waals surface area contributed by atoms with Crippen LogP contribution in [0.4, 0.5) is 0 Å². The predicted octanol–water partition coefficient (Wildman–Crippen LogP) is 4.94. The van der Waals surface area contributed by atoms with Gasteiger partial charge >= 0.3 is 5.97 Å². The molecule has 1 saturated heterocycles. The Morgan fingerprint density at radius 2 is 1.66 bits per heavy atom. The maximum Gasteiger partial charge on any atom is 0.326 e. The molecule has 1 heterocycles. The SMILES string of the molecule is C.CCCCC(=O)N(Cc1ccc(-c2ccccc2C2NNC(C3CCC3)NN2)cc1)C(C(=O)O)C(C)C. The summed E-state index contributed by atoms with van der Waals surface area (Å²) < 4.78 is 0. The third-order valence-electron chi connectivity index (χ3n) is 7.56. The van der Waals surface area contributed by atoms with Crippen LogP contribution in [0.25, 0.3) is 11.1 Å². The van der Waals surface area contributed by atoms with Gasteiger partial charge in [0.1, 0.15) is 12.2 Å². The number of hydrazine groups is 2. The quantitative estimate of drug-likeness (QED) is 0.284. The molecule has 208 valence electrons. The van der Waals surface area contributed by atoms with Crippen molar-refractivity contribution >= 4 is 11.9 Å². The second-order valence-electron chi connectivity index (χ2n) is 10.6. The molecule has 0 bridgehead atoms. The van der Waals surface area contributed by atoms with E-state index in [9.17, 15) is 14.7 Å². The zero-order valence-electron chi connectivity index (χ0n) is 22.2. The minimum absolute atomic E-state index is 0. The van der Waals surface area contributed by atoms with Crippen LogP contribution in [0, 0.1) is 11.8 Å². The summed E-state index contributed by atoms with van der Waals surface area (Å²) in [6.07, 6.45) is 5.92. The number of amides is 1. The fraction of sp³-hybridized carbons (Fsp3) is 0.533. The van der Waals surface area contributed by atoms with Crippen molar-refractivity contribution < 1.29 is 14.7 Å². The second kappa shape index (κ2) is 13.8. The standard InChI is InChI=1S/C29H41N5O3.CH4/c1-4-5-13-25(35)34(26(19(2)3)29(36)37)18-20-14-16-21(17-15-20)23-11-6-7-12-24(23)28-32-30-27(31-33-28)22-9-8-10-22;/h6-7,11-12,14-17,19,22,26-28,30-33H,4-5,8-10,13,18H2,1-3H3,(H,36,37);1H4. The van der Waals surface area contributed by atoms with Gasteiger partial charge in [-0.3, -0.25) is 4.79 Å². The number of carbonyl (C=O) groups excluding carboxylic acids is 1. The van der Waals surface area contributed by atoms with E-state index in [1.165, 1.54) is 24.2 Å². The molecule has 2 aromatic rings. The van der Waals surface area contributed by atoms with Crippen LogP contribution < -0.4 is 21.7 Å². The fourth-order valence-electron chi connectivity index (χ4n) is 5.17. The highest BCUT2D eigenvalue weighted by molar-refractivity contribution is 5.84. The fourth-order valence-corrected chi connectivity index (χ4v) is 5.17. The Hall–Kier alpha value is -2.78. The van der Waals surface area contributed by atoms with E-state index in [0.29, 0.717) is 12.3 Å². The molecular formula is C30H45N5O3. The average molecular weight is 524 g/mol. The Morgan fingerprint density at radius 3 is 2.21 bits per heavy atom. The molecule has 5 N–H and O–H groups in total. The van der Waals surface area contributed by atoms with Gasteiger partial charge in [0, 0.05) is 13.0 Å². The number of hydrogen-bond donors (Lipinski definition) is 5. The van der Waals surface area contributed by atoms with Crippen LogP contribution in [0.15, 0.2) is 48.5 Å². The zero-order chi connectivity index (χ0) is 26.4. The van der Waals surface area contributed by atoms with Gasteiger partial charge in [-0.15, -0.1) is 0 Å². The third kappa shape index (κ3) is 6.99. The van der Waals surface area contributed by atoms with E-state index < -0.39 is 12.0 Å². The van der Waals surface area contributed by atoms with Crippen molar-refractivity contribution in [2.45, 2.75) is 91.6 Å². The molecule has 1 saturated carbocycles. The molecule has 1 aliphatic carbocycles. The molecule has 38 heavy (non-hydrogen) atoms. The van der Waals surface area contributed by atoms with E-state index in [1.807, 2.05) is 45.0 Å². The molecule has 1 unspecified atom stereocenters. The van der Waals surface area contributed by atoms with Gasteiger partial charge < -0.3 is 10.0 Å². The van der Waals surface area contributed by atoms with Crippen LogP contribution in [-0.4, -0.2) is 34.1 Å². The summed E-state index contributed by atoms with van der Waals surface area (Å²) in [4.78, 5) is 26.6. The smallest absolute Gasteiger partial charge is 0.326 e. The first kappa shape index (κ1) is 29.8. The van der Waals surface area contributed by atoms with E-state index in [-0.39, 0.29) is 38.1 Å². The van der Waals surface area contributed by atoms with Gasteiger partial charge in [-0.25, -0.2) is 26.5 Å². The van der Waals surface area contributed by atoms with E-state index in [1.54, 1.807) is 0 Å². The Morgan fingerprint density at radius 1 is 1.00 bits per heavy atom. The highest BCUT2D eigenvalue weighted by Gasteiger charge is 2.33. The summed E-state index contributed by atoms with van der Waals surface area (Å²) in [7, 11) is 0. The summed E-state index contributed by atoms with van der Waals surface area (Å²) in [5.74, 6) is -0.601. The van der Waals surface area contributed by atoms with Gasteiger partial charge in [0.25, 0.3) is 0 Å².